The zero-order chi connectivity index (χ0) is 14.2. The maximum absolute atomic E-state index is 5.17. The van der Waals surface area contributed by atoms with Gasteiger partial charge in [0.1, 0.15) is 5.75 Å². The van der Waals surface area contributed by atoms with Crippen LogP contribution in [0.25, 0.3) is 0 Å². The molecule has 0 aliphatic heterocycles. The first kappa shape index (κ1) is 15.3. The maximum Gasteiger partial charge on any atom is 0.118 e. The molecule has 1 aromatic rings. The Hall–Kier alpha value is -1.06. The second kappa shape index (κ2) is 8.28. The summed E-state index contributed by atoms with van der Waals surface area (Å²) in [7, 11) is 3.97. The van der Waals surface area contributed by atoms with Crippen LogP contribution in [0.3, 0.4) is 0 Å². The van der Waals surface area contributed by atoms with Gasteiger partial charge in [0, 0.05) is 19.1 Å². The van der Waals surface area contributed by atoms with Gasteiger partial charge in [-0.3, -0.25) is 0 Å². The van der Waals surface area contributed by atoms with Crippen LogP contribution < -0.4 is 10.1 Å². The number of hydrogen-bond donors (Lipinski definition) is 1. The van der Waals surface area contributed by atoms with E-state index in [4.69, 9.17) is 4.74 Å². The topological polar surface area (TPSA) is 24.5 Å². The van der Waals surface area contributed by atoms with E-state index in [2.05, 4.69) is 29.4 Å². The molecular formula is C17H28N2O. The van der Waals surface area contributed by atoms with Crippen LogP contribution in [0.4, 0.5) is 0 Å². The van der Waals surface area contributed by atoms with Crippen LogP contribution in [-0.2, 0) is 6.42 Å². The molecule has 1 N–H and O–H groups in total. The number of hydrogen-bond acceptors (Lipinski definition) is 3. The summed E-state index contributed by atoms with van der Waals surface area (Å²) < 4.78 is 5.17. The Labute approximate surface area is 123 Å². The third kappa shape index (κ3) is 4.80. The smallest absolute Gasteiger partial charge is 0.118 e. The summed E-state index contributed by atoms with van der Waals surface area (Å²) in [5.74, 6) is 0.930. The third-order valence-electron chi connectivity index (χ3n) is 4.34. The predicted octanol–water partition coefficient (Wildman–Crippen LogP) is 2.70. The van der Waals surface area contributed by atoms with Crippen molar-refractivity contribution in [1.29, 1.82) is 0 Å². The molecular weight excluding hydrogens is 248 g/mol. The van der Waals surface area contributed by atoms with E-state index in [0.717, 1.165) is 37.8 Å². The molecule has 2 rings (SSSR count). The van der Waals surface area contributed by atoms with Gasteiger partial charge in [0.15, 0.2) is 0 Å². The van der Waals surface area contributed by atoms with Crippen molar-refractivity contribution in [1.82, 2.24) is 10.2 Å². The number of rotatable bonds is 8. The summed E-state index contributed by atoms with van der Waals surface area (Å²) >= 11 is 0. The molecule has 1 saturated carbocycles. The lowest BCUT2D eigenvalue weighted by Gasteiger charge is -2.23. The highest BCUT2D eigenvalue weighted by Crippen LogP contribution is 2.21. The molecule has 1 aliphatic rings. The normalized spacial score (nSPS) is 15.9. The van der Waals surface area contributed by atoms with Crippen molar-refractivity contribution in [2.45, 2.75) is 38.1 Å². The molecule has 0 bridgehead atoms. The zero-order valence-corrected chi connectivity index (χ0v) is 12.9. The second-order valence-electron chi connectivity index (χ2n) is 5.77. The molecule has 3 heteroatoms. The van der Waals surface area contributed by atoms with Crippen molar-refractivity contribution in [2.24, 2.45) is 0 Å². The van der Waals surface area contributed by atoms with Crippen LogP contribution >= 0.6 is 0 Å². The number of methoxy groups -OCH3 is 1. The van der Waals surface area contributed by atoms with E-state index in [9.17, 15) is 0 Å². The Kier molecular flexibility index (Phi) is 6.34. The molecule has 0 atom stereocenters. The largest absolute Gasteiger partial charge is 0.497 e. The number of likely N-dealkylation sites (N-methyl/N-ethyl adjacent to an activating group) is 1. The van der Waals surface area contributed by atoms with E-state index >= 15 is 0 Å². The summed E-state index contributed by atoms with van der Waals surface area (Å²) in [5, 5.41) is 3.54. The molecule has 0 heterocycles. The fourth-order valence-electron chi connectivity index (χ4n) is 2.93. The van der Waals surface area contributed by atoms with Crippen LogP contribution in [0, 0.1) is 0 Å². The van der Waals surface area contributed by atoms with E-state index in [1.807, 2.05) is 12.1 Å². The van der Waals surface area contributed by atoms with Gasteiger partial charge in [-0.25, -0.2) is 0 Å². The standard InChI is InChI=1S/C17H28N2O/c1-19(16-5-3-4-6-16)14-13-18-12-11-15-7-9-17(20-2)10-8-15/h7-10,16,18H,3-6,11-14H2,1-2H3. The summed E-state index contributed by atoms with van der Waals surface area (Å²) in [5.41, 5.74) is 1.36. The molecule has 0 amide bonds. The number of benzene rings is 1. The minimum Gasteiger partial charge on any atom is -0.497 e. The number of ether oxygens (including phenoxy) is 1. The lowest BCUT2D eigenvalue weighted by atomic mass is 10.1. The molecule has 1 fully saturated rings. The summed E-state index contributed by atoms with van der Waals surface area (Å²) in [6.07, 6.45) is 6.70. The third-order valence-corrected chi connectivity index (χ3v) is 4.34. The molecule has 3 nitrogen and oxygen atoms in total. The average molecular weight is 276 g/mol. The van der Waals surface area contributed by atoms with Crippen molar-refractivity contribution in [3.05, 3.63) is 29.8 Å². The van der Waals surface area contributed by atoms with Crippen LogP contribution in [0.15, 0.2) is 24.3 Å². The Morgan fingerprint density at radius 1 is 1.15 bits per heavy atom. The van der Waals surface area contributed by atoms with Gasteiger partial charge in [-0.1, -0.05) is 25.0 Å². The fraction of sp³-hybridized carbons (Fsp3) is 0.647. The molecule has 0 unspecified atom stereocenters. The predicted molar refractivity (Wildman–Crippen MR) is 84.5 cm³/mol. The lowest BCUT2D eigenvalue weighted by molar-refractivity contribution is 0.246. The van der Waals surface area contributed by atoms with E-state index in [1.54, 1.807) is 7.11 Å². The van der Waals surface area contributed by atoms with Gasteiger partial charge in [0.2, 0.25) is 0 Å². The van der Waals surface area contributed by atoms with Gasteiger partial charge in [0.05, 0.1) is 7.11 Å². The second-order valence-corrected chi connectivity index (χ2v) is 5.77. The molecule has 1 aromatic carbocycles. The van der Waals surface area contributed by atoms with Gasteiger partial charge in [0.25, 0.3) is 0 Å². The minimum atomic E-state index is 0.832. The van der Waals surface area contributed by atoms with Crippen LogP contribution in [0.5, 0.6) is 5.75 Å². The van der Waals surface area contributed by atoms with E-state index in [0.29, 0.717) is 0 Å². The van der Waals surface area contributed by atoms with E-state index in [-0.39, 0.29) is 0 Å². The van der Waals surface area contributed by atoms with Crippen molar-refractivity contribution in [3.8, 4) is 5.75 Å². The van der Waals surface area contributed by atoms with E-state index < -0.39 is 0 Å². The SMILES string of the molecule is COc1ccc(CCNCCN(C)C2CCCC2)cc1. The average Bonchev–Trinajstić information content (AvgIpc) is 3.01. The molecule has 1 aliphatic carbocycles. The first-order chi connectivity index (χ1) is 9.79. The Morgan fingerprint density at radius 2 is 1.85 bits per heavy atom. The highest BCUT2D eigenvalue weighted by molar-refractivity contribution is 5.27. The molecule has 0 radical (unpaired) electrons. The summed E-state index contributed by atoms with van der Waals surface area (Å²) in [4.78, 5) is 2.52. The van der Waals surface area contributed by atoms with Crippen LogP contribution in [0.2, 0.25) is 0 Å². The minimum absolute atomic E-state index is 0.832. The van der Waals surface area contributed by atoms with Gasteiger partial charge in [-0.2, -0.15) is 0 Å². The molecule has 0 spiro atoms. The zero-order valence-electron chi connectivity index (χ0n) is 12.9. The van der Waals surface area contributed by atoms with Gasteiger partial charge in [-0.15, -0.1) is 0 Å². The molecule has 0 aromatic heterocycles. The lowest BCUT2D eigenvalue weighted by Crippen LogP contribution is -2.35. The van der Waals surface area contributed by atoms with E-state index in [1.165, 1.54) is 31.2 Å². The van der Waals surface area contributed by atoms with Crippen molar-refractivity contribution in [2.75, 3.05) is 33.8 Å². The van der Waals surface area contributed by atoms with Gasteiger partial charge < -0.3 is 15.0 Å². The first-order valence-electron chi connectivity index (χ1n) is 7.83. The number of nitrogens with one attached hydrogen (secondary N) is 1. The Morgan fingerprint density at radius 3 is 2.50 bits per heavy atom. The molecule has 112 valence electrons. The summed E-state index contributed by atoms with van der Waals surface area (Å²) in [6, 6.07) is 9.18. The number of nitrogens with zero attached hydrogens (tertiary/aromatic N) is 1. The first-order valence-corrected chi connectivity index (χ1v) is 7.83. The van der Waals surface area contributed by atoms with Crippen molar-refractivity contribution < 1.29 is 4.74 Å². The highest BCUT2D eigenvalue weighted by Gasteiger charge is 2.18. The van der Waals surface area contributed by atoms with Crippen molar-refractivity contribution in [3.63, 3.8) is 0 Å². The Bertz CT molecular complexity index is 371. The van der Waals surface area contributed by atoms with Gasteiger partial charge >= 0.3 is 0 Å². The fourth-order valence-corrected chi connectivity index (χ4v) is 2.93. The molecule has 0 saturated heterocycles. The van der Waals surface area contributed by atoms with Gasteiger partial charge in [-0.05, 0) is 50.6 Å². The van der Waals surface area contributed by atoms with Crippen LogP contribution in [-0.4, -0.2) is 44.7 Å². The Balaban J connectivity index is 1.56. The van der Waals surface area contributed by atoms with Crippen LogP contribution in [0.1, 0.15) is 31.2 Å². The molecule has 20 heavy (non-hydrogen) atoms. The maximum atomic E-state index is 5.17. The monoisotopic (exact) mass is 276 g/mol. The highest BCUT2D eigenvalue weighted by atomic mass is 16.5. The quantitative estimate of drug-likeness (QED) is 0.739. The van der Waals surface area contributed by atoms with Crippen molar-refractivity contribution >= 4 is 0 Å². The summed E-state index contributed by atoms with van der Waals surface area (Å²) in [6.45, 7) is 3.29.